The van der Waals surface area contributed by atoms with Gasteiger partial charge in [0.25, 0.3) is 5.91 Å². The van der Waals surface area contributed by atoms with Crippen LogP contribution in [-0.2, 0) is 4.79 Å². The van der Waals surface area contributed by atoms with Crippen molar-refractivity contribution in [3.05, 3.63) is 36.0 Å². The van der Waals surface area contributed by atoms with Crippen LogP contribution < -0.4 is 5.32 Å². The van der Waals surface area contributed by atoms with Gasteiger partial charge in [-0.1, -0.05) is 32.0 Å². The molecule has 0 radical (unpaired) electrons. The predicted octanol–water partition coefficient (Wildman–Crippen LogP) is 2.54. The van der Waals surface area contributed by atoms with Crippen molar-refractivity contribution in [2.24, 2.45) is 5.92 Å². The minimum absolute atomic E-state index is 0.000935. The number of carbonyl (C=O) groups is 2. The van der Waals surface area contributed by atoms with Crippen molar-refractivity contribution in [1.29, 1.82) is 0 Å². The first kappa shape index (κ1) is 15.6. The average molecular weight is 313 g/mol. The van der Waals surface area contributed by atoms with E-state index in [0.29, 0.717) is 18.8 Å². The number of hydrogen-bond acceptors (Lipinski definition) is 2. The smallest absolute Gasteiger partial charge is 0.270 e. The number of aromatic nitrogens is 1. The average Bonchev–Trinajstić information content (AvgIpc) is 2.98. The fourth-order valence-corrected chi connectivity index (χ4v) is 2.95. The molecule has 0 atom stereocenters. The highest BCUT2D eigenvalue weighted by Crippen LogP contribution is 2.18. The number of amides is 2. The number of para-hydroxylation sites is 1. The molecule has 2 amide bonds. The number of benzene rings is 1. The number of aromatic amines is 1. The molecule has 0 spiro atoms. The van der Waals surface area contributed by atoms with Crippen molar-refractivity contribution in [1.82, 2.24) is 15.2 Å². The first-order valence-corrected chi connectivity index (χ1v) is 8.22. The van der Waals surface area contributed by atoms with E-state index in [1.54, 1.807) is 0 Å². The van der Waals surface area contributed by atoms with Gasteiger partial charge in [-0.25, -0.2) is 0 Å². The molecule has 5 nitrogen and oxygen atoms in total. The minimum atomic E-state index is 0.000935. The molecule has 5 heteroatoms. The van der Waals surface area contributed by atoms with E-state index >= 15 is 0 Å². The van der Waals surface area contributed by atoms with Gasteiger partial charge in [0.1, 0.15) is 5.69 Å². The summed E-state index contributed by atoms with van der Waals surface area (Å²) in [6.07, 6.45) is 1.62. The summed E-state index contributed by atoms with van der Waals surface area (Å²) in [4.78, 5) is 29.4. The summed E-state index contributed by atoms with van der Waals surface area (Å²) >= 11 is 0. The quantitative estimate of drug-likeness (QED) is 0.914. The van der Waals surface area contributed by atoms with E-state index in [4.69, 9.17) is 0 Å². The minimum Gasteiger partial charge on any atom is -0.353 e. The van der Waals surface area contributed by atoms with Crippen LogP contribution in [-0.4, -0.2) is 40.8 Å². The molecule has 3 rings (SSSR count). The molecule has 1 aliphatic heterocycles. The third-order valence-corrected chi connectivity index (χ3v) is 4.41. The Morgan fingerprint density at radius 1 is 1.22 bits per heavy atom. The predicted molar refractivity (Wildman–Crippen MR) is 90.2 cm³/mol. The highest BCUT2D eigenvalue weighted by molar-refractivity contribution is 5.98. The number of fused-ring (bicyclic) bond motifs is 1. The molecule has 2 N–H and O–H groups in total. The van der Waals surface area contributed by atoms with Gasteiger partial charge >= 0.3 is 0 Å². The van der Waals surface area contributed by atoms with Crippen LogP contribution in [0.25, 0.3) is 10.9 Å². The lowest BCUT2D eigenvalue weighted by Crippen LogP contribution is -2.47. The molecule has 0 saturated carbocycles. The summed E-state index contributed by atoms with van der Waals surface area (Å²) in [5, 5.41) is 4.11. The monoisotopic (exact) mass is 313 g/mol. The second-order valence-electron chi connectivity index (χ2n) is 6.50. The van der Waals surface area contributed by atoms with Crippen LogP contribution >= 0.6 is 0 Å². The Bertz CT molecular complexity index is 679. The van der Waals surface area contributed by atoms with Crippen molar-refractivity contribution in [2.45, 2.75) is 32.7 Å². The fourth-order valence-electron chi connectivity index (χ4n) is 2.95. The molecule has 1 aromatic carbocycles. The van der Waals surface area contributed by atoms with Gasteiger partial charge in [-0.15, -0.1) is 0 Å². The van der Waals surface area contributed by atoms with Crippen LogP contribution in [0.3, 0.4) is 0 Å². The first-order valence-electron chi connectivity index (χ1n) is 8.22. The normalized spacial score (nSPS) is 16.0. The Kier molecular flexibility index (Phi) is 4.37. The molecule has 1 fully saturated rings. The second-order valence-corrected chi connectivity index (χ2v) is 6.50. The van der Waals surface area contributed by atoms with Crippen molar-refractivity contribution >= 4 is 22.7 Å². The molecule has 1 aliphatic rings. The molecular weight excluding hydrogens is 290 g/mol. The molecule has 1 saturated heterocycles. The molecule has 23 heavy (non-hydrogen) atoms. The highest BCUT2D eigenvalue weighted by atomic mass is 16.2. The number of carbonyl (C=O) groups excluding carboxylic acids is 2. The Labute approximate surface area is 136 Å². The third kappa shape index (κ3) is 3.38. The van der Waals surface area contributed by atoms with Gasteiger partial charge in [-0.05, 0) is 25.0 Å². The van der Waals surface area contributed by atoms with Crippen molar-refractivity contribution in [3.8, 4) is 0 Å². The zero-order valence-corrected chi connectivity index (χ0v) is 13.6. The van der Waals surface area contributed by atoms with Gasteiger partial charge in [0, 0.05) is 36.0 Å². The Hall–Kier alpha value is -2.30. The summed E-state index contributed by atoms with van der Waals surface area (Å²) in [6, 6.07) is 9.97. The Morgan fingerprint density at radius 2 is 1.91 bits per heavy atom. The van der Waals surface area contributed by atoms with Gasteiger partial charge in [0.2, 0.25) is 5.91 Å². The molecule has 122 valence electrons. The zero-order valence-electron chi connectivity index (χ0n) is 13.6. The maximum atomic E-state index is 12.6. The van der Waals surface area contributed by atoms with E-state index in [0.717, 1.165) is 23.7 Å². The second kappa shape index (κ2) is 6.44. The molecular formula is C18H23N3O2. The van der Waals surface area contributed by atoms with Crippen LogP contribution in [0.15, 0.2) is 30.3 Å². The van der Waals surface area contributed by atoms with E-state index in [2.05, 4.69) is 10.3 Å². The topological polar surface area (TPSA) is 65.2 Å². The van der Waals surface area contributed by atoms with E-state index in [9.17, 15) is 9.59 Å². The largest absolute Gasteiger partial charge is 0.353 e. The van der Waals surface area contributed by atoms with Crippen LogP contribution in [0, 0.1) is 5.92 Å². The molecule has 2 aromatic rings. The SMILES string of the molecule is CC(C)C(=O)NC1CCN(C(=O)c2cc3ccccc3[nH]2)CC1. The van der Waals surface area contributed by atoms with E-state index in [1.165, 1.54) is 0 Å². The van der Waals surface area contributed by atoms with Gasteiger partial charge in [0.05, 0.1) is 0 Å². The number of piperidine rings is 1. The summed E-state index contributed by atoms with van der Waals surface area (Å²) in [5.74, 6) is 0.126. The van der Waals surface area contributed by atoms with Gasteiger partial charge in [-0.2, -0.15) is 0 Å². The van der Waals surface area contributed by atoms with Gasteiger partial charge in [0.15, 0.2) is 0 Å². The number of nitrogens with one attached hydrogen (secondary N) is 2. The van der Waals surface area contributed by atoms with E-state index in [-0.39, 0.29) is 23.8 Å². The van der Waals surface area contributed by atoms with Gasteiger partial charge < -0.3 is 15.2 Å². The first-order chi connectivity index (χ1) is 11.0. The van der Waals surface area contributed by atoms with Crippen LogP contribution in [0.2, 0.25) is 0 Å². The number of likely N-dealkylation sites (tertiary alicyclic amines) is 1. The molecule has 0 bridgehead atoms. The van der Waals surface area contributed by atoms with Crippen LogP contribution in [0.5, 0.6) is 0 Å². The lowest BCUT2D eigenvalue weighted by molar-refractivity contribution is -0.124. The van der Waals surface area contributed by atoms with Crippen LogP contribution in [0.4, 0.5) is 0 Å². The zero-order chi connectivity index (χ0) is 16.4. The summed E-state index contributed by atoms with van der Waals surface area (Å²) < 4.78 is 0. The Balaban J connectivity index is 1.61. The van der Waals surface area contributed by atoms with Crippen LogP contribution in [0.1, 0.15) is 37.2 Å². The lowest BCUT2D eigenvalue weighted by atomic mass is 10.0. The molecule has 1 aromatic heterocycles. The maximum absolute atomic E-state index is 12.6. The third-order valence-electron chi connectivity index (χ3n) is 4.41. The molecule has 2 heterocycles. The standard InChI is InChI=1S/C18H23N3O2/c1-12(2)17(22)19-14-7-9-21(10-8-14)18(23)16-11-13-5-3-4-6-15(13)20-16/h3-6,11-12,14,20H,7-10H2,1-2H3,(H,19,22). The highest BCUT2D eigenvalue weighted by Gasteiger charge is 2.25. The number of H-pyrrole nitrogens is 1. The molecule has 0 aliphatic carbocycles. The fraction of sp³-hybridized carbons (Fsp3) is 0.444. The van der Waals surface area contributed by atoms with Crippen molar-refractivity contribution < 1.29 is 9.59 Å². The lowest BCUT2D eigenvalue weighted by Gasteiger charge is -2.32. The van der Waals surface area contributed by atoms with E-state index in [1.807, 2.05) is 49.1 Å². The van der Waals surface area contributed by atoms with Gasteiger partial charge in [-0.3, -0.25) is 9.59 Å². The van der Waals surface area contributed by atoms with Crippen molar-refractivity contribution in [2.75, 3.05) is 13.1 Å². The number of rotatable bonds is 3. The summed E-state index contributed by atoms with van der Waals surface area (Å²) in [5.41, 5.74) is 1.62. The number of hydrogen-bond donors (Lipinski definition) is 2. The van der Waals surface area contributed by atoms with E-state index < -0.39 is 0 Å². The van der Waals surface area contributed by atoms with Crippen molar-refractivity contribution in [3.63, 3.8) is 0 Å². The summed E-state index contributed by atoms with van der Waals surface area (Å²) in [6.45, 7) is 5.14. The maximum Gasteiger partial charge on any atom is 0.270 e. The summed E-state index contributed by atoms with van der Waals surface area (Å²) in [7, 11) is 0. The number of nitrogens with zero attached hydrogens (tertiary/aromatic N) is 1. The molecule has 0 unspecified atom stereocenters. The Morgan fingerprint density at radius 3 is 2.57 bits per heavy atom.